The van der Waals surface area contributed by atoms with Gasteiger partial charge in [0.1, 0.15) is 5.76 Å². The lowest BCUT2D eigenvalue weighted by atomic mass is 10.0. The first-order valence-electron chi connectivity index (χ1n) is 6.43. The van der Waals surface area contributed by atoms with Gasteiger partial charge in [-0.3, -0.25) is 0 Å². The number of halogens is 1. The summed E-state index contributed by atoms with van der Waals surface area (Å²) in [5.41, 5.74) is 7.05. The van der Waals surface area contributed by atoms with Gasteiger partial charge in [0.2, 0.25) is 0 Å². The van der Waals surface area contributed by atoms with Gasteiger partial charge in [-0.05, 0) is 25.7 Å². The second-order valence-corrected chi connectivity index (χ2v) is 5.81. The number of nitrogens with one attached hydrogen (secondary N) is 1. The fourth-order valence-corrected chi connectivity index (χ4v) is 2.15. The first-order valence-corrected chi connectivity index (χ1v) is 7.22. The molecule has 108 valence electrons. The summed E-state index contributed by atoms with van der Waals surface area (Å²) in [6.07, 6.45) is 4.07. The molecule has 0 amide bonds. The van der Waals surface area contributed by atoms with E-state index in [-0.39, 0.29) is 0 Å². The molecule has 1 aliphatic rings. The van der Waals surface area contributed by atoms with Crippen LogP contribution < -0.4 is 11.1 Å². The van der Waals surface area contributed by atoms with Crippen molar-refractivity contribution in [2.45, 2.75) is 19.8 Å². The SMILES string of the molecule is C=C(N)/C(=C\C(NCC1CCOCC1)=C(/C)Br)OC. The van der Waals surface area contributed by atoms with Gasteiger partial charge in [0.05, 0.1) is 12.8 Å². The molecule has 0 spiro atoms. The number of ether oxygens (including phenoxy) is 2. The summed E-state index contributed by atoms with van der Waals surface area (Å²) in [6, 6.07) is 0. The van der Waals surface area contributed by atoms with Crippen LogP contribution in [0.1, 0.15) is 19.8 Å². The second-order valence-electron chi connectivity index (χ2n) is 4.62. The molecule has 0 aromatic heterocycles. The Bertz CT molecular complexity index is 368. The first kappa shape index (κ1) is 16.1. The van der Waals surface area contributed by atoms with E-state index < -0.39 is 0 Å². The fraction of sp³-hybridized carbons (Fsp3) is 0.571. The van der Waals surface area contributed by atoms with Crippen LogP contribution in [0.15, 0.2) is 34.3 Å². The summed E-state index contributed by atoms with van der Waals surface area (Å²) in [5, 5.41) is 3.43. The van der Waals surface area contributed by atoms with Crippen LogP contribution in [-0.2, 0) is 9.47 Å². The molecular formula is C14H23BrN2O2. The molecule has 0 atom stereocenters. The van der Waals surface area contributed by atoms with Gasteiger partial charge in [-0.15, -0.1) is 0 Å². The first-order chi connectivity index (χ1) is 9.04. The van der Waals surface area contributed by atoms with Gasteiger partial charge in [0.25, 0.3) is 0 Å². The van der Waals surface area contributed by atoms with Crippen LogP contribution in [0.3, 0.4) is 0 Å². The lowest BCUT2D eigenvalue weighted by Crippen LogP contribution is -2.27. The third-order valence-corrected chi connectivity index (χ3v) is 3.53. The monoisotopic (exact) mass is 330 g/mol. The van der Waals surface area contributed by atoms with Gasteiger partial charge >= 0.3 is 0 Å². The molecule has 0 saturated carbocycles. The Kier molecular flexibility index (Phi) is 7.02. The van der Waals surface area contributed by atoms with Gasteiger partial charge in [0, 0.05) is 36.0 Å². The largest absolute Gasteiger partial charge is 0.495 e. The van der Waals surface area contributed by atoms with E-state index in [1.54, 1.807) is 7.11 Å². The highest BCUT2D eigenvalue weighted by molar-refractivity contribution is 9.11. The fourth-order valence-electron chi connectivity index (χ4n) is 1.89. The highest BCUT2D eigenvalue weighted by Crippen LogP contribution is 2.17. The van der Waals surface area contributed by atoms with Crippen molar-refractivity contribution in [2.75, 3.05) is 26.9 Å². The van der Waals surface area contributed by atoms with Crippen molar-refractivity contribution in [3.05, 3.63) is 34.3 Å². The Morgan fingerprint density at radius 1 is 1.53 bits per heavy atom. The highest BCUT2D eigenvalue weighted by Gasteiger charge is 2.14. The van der Waals surface area contributed by atoms with Crippen molar-refractivity contribution in [3.63, 3.8) is 0 Å². The third-order valence-electron chi connectivity index (χ3n) is 3.11. The number of hydrogen-bond acceptors (Lipinski definition) is 4. The molecule has 3 N–H and O–H groups in total. The van der Waals surface area contributed by atoms with Crippen LogP contribution in [0.4, 0.5) is 0 Å². The maximum atomic E-state index is 5.66. The summed E-state index contributed by atoms with van der Waals surface area (Å²) >= 11 is 3.49. The standard InChI is InChI=1S/C14H23BrN2O2/c1-10(15)13(8-14(18-3)11(2)16)17-9-12-4-6-19-7-5-12/h8,12,17H,2,4-7,9,16H2,1,3H3/b13-10-,14-8+. The lowest BCUT2D eigenvalue weighted by molar-refractivity contribution is 0.0671. The number of allylic oxidation sites excluding steroid dienone is 2. The van der Waals surface area contributed by atoms with Gasteiger partial charge in [-0.25, -0.2) is 0 Å². The lowest BCUT2D eigenvalue weighted by Gasteiger charge is -2.23. The molecule has 0 bridgehead atoms. The molecule has 5 heteroatoms. The molecule has 1 rings (SSSR count). The number of rotatable bonds is 6. The average Bonchev–Trinajstić information content (AvgIpc) is 2.39. The van der Waals surface area contributed by atoms with Crippen molar-refractivity contribution < 1.29 is 9.47 Å². The van der Waals surface area contributed by atoms with Crippen LogP contribution >= 0.6 is 15.9 Å². The Labute approximate surface area is 123 Å². The number of nitrogens with two attached hydrogens (primary N) is 1. The quantitative estimate of drug-likeness (QED) is 0.580. The number of methoxy groups -OCH3 is 1. The van der Waals surface area contributed by atoms with Crippen molar-refractivity contribution in [1.82, 2.24) is 5.32 Å². The molecule has 1 saturated heterocycles. The average molecular weight is 331 g/mol. The zero-order valence-electron chi connectivity index (χ0n) is 11.7. The zero-order chi connectivity index (χ0) is 14.3. The summed E-state index contributed by atoms with van der Waals surface area (Å²) < 4.78 is 11.6. The Morgan fingerprint density at radius 2 is 2.16 bits per heavy atom. The van der Waals surface area contributed by atoms with E-state index in [1.165, 1.54) is 0 Å². The summed E-state index contributed by atoms with van der Waals surface area (Å²) in [7, 11) is 1.59. The summed E-state index contributed by atoms with van der Waals surface area (Å²) in [5.74, 6) is 1.23. The van der Waals surface area contributed by atoms with Crippen molar-refractivity contribution in [1.29, 1.82) is 0 Å². The second kappa shape index (κ2) is 8.27. The van der Waals surface area contributed by atoms with Gasteiger partial charge in [0.15, 0.2) is 0 Å². The third kappa shape index (κ3) is 5.70. The van der Waals surface area contributed by atoms with E-state index in [0.717, 1.165) is 42.8 Å². The van der Waals surface area contributed by atoms with Crippen molar-refractivity contribution >= 4 is 15.9 Å². The molecule has 1 heterocycles. The zero-order valence-corrected chi connectivity index (χ0v) is 13.3. The molecule has 0 aromatic rings. The molecule has 19 heavy (non-hydrogen) atoms. The normalized spacial score (nSPS) is 18.8. The maximum absolute atomic E-state index is 5.66. The molecule has 0 unspecified atom stereocenters. The molecule has 0 aromatic carbocycles. The topological polar surface area (TPSA) is 56.5 Å². The van der Waals surface area contributed by atoms with Crippen LogP contribution in [0.25, 0.3) is 0 Å². The Morgan fingerprint density at radius 3 is 2.63 bits per heavy atom. The van der Waals surface area contributed by atoms with Crippen LogP contribution in [0, 0.1) is 5.92 Å². The molecule has 0 radical (unpaired) electrons. The summed E-state index contributed by atoms with van der Waals surface area (Å²) in [6.45, 7) is 8.31. The van der Waals surface area contributed by atoms with Crippen LogP contribution in [0.2, 0.25) is 0 Å². The molecule has 4 nitrogen and oxygen atoms in total. The van der Waals surface area contributed by atoms with Gasteiger partial charge in [-0.1, -0.05) is 22.5 Å². The van der Waals surface area contributed by atoms with E-state index in [2.05, 4.69) is 27.8 Å². The minimum atomic E-state index is 0.418. The van der Waals surface area contributed by atoms with Gasteiger partial charge < -0.3 is 20.5 Å². The van der Waals surface area contributed by atoms with Crippen molar-refractivity contribution in [2.24, 2.45) is 11.7 Å². The molecular weight excluding hydrogens is 308 g/mol. The van der Waals surface area contributed by atoms with E-state index in [4.69, 9.17) is 15.2 Å². The smallest absolute Gasteiger partial charge is 0.143 e. The van der Waals surface area contributed by atoms with E-state index in [9.17, 15) is 0 Å². The molecule has 1 fully saturated rings. The minimum absolute atomic E-state index is 0.418. The number of hydrogen-bond donors (Lipinski definition) is 2. The predicted molar refractivity (Wildman–Crippen MR) is 81.6 cm³/mol. The van der Waals surface area contributed by atoms with E-state index in [1.807, 2.05) is 13.0 Å². The van der Waals surface area contributed by atoms with E-state index in [0.29, 0.717) is 17.4 Å². The minimum Gasteiger partial charge on any atom is -0.495 e. The Balaban J connectivity index is 2.63. The molecule has 0 aliphatic carbocycles. The van der Waals surface area contributed by atoms with Crippen molar-refractivity contribution in [3.8, 4) is 0 Å². The predicted octanol–water partition coefficient (Wildman–Crippen LogP) is 2.63. The highest BCUT2D eigenvalue weighted by atomic mass is 79.9. The van der Waals surface area contributed by atoms with E-state index >= 15 is 0 Å². The van der Waals surface area contributed by atoms with Crippen LogP contribution in [-0.4, -0.2) is 26.9 Å². The summed E-state index contributed by atoms with van der Waals surface area (Å²) in [4.78, 5) is 0. The Hall–Kier alpha value is -0.940. The van der Waals surface area contributed by atoms with Gasteiger partial charge in [-0.2, -0.15) is 0 Å². The molecule has 1 aliphatic heterocycles. The van der Waals surface area contributed by atoms with Crippen LogP contribution in [0.5, 0.6) is 0 Å². The maximum Gasteiger partial charge on any atom is 0.143 e.